The predicted octanol–water partition coefficient (Wildman–Crippen LogP) is 3.30. The molecule has 1 aromatic carbocycles. The SMILES string of the molecule is CC(C)c1cnn2c(NCc3ccc(-c4ccncn4)cc3)cc(NC[C@H]3CCNC[C@@H]3O)nc12. The fraction of sp³-hybridized carbons (Fsp3) is 0.385. The van der Waals surface area contributed by atoms with E-state index in [2.05, 4.69) is 69.1 Å². The predicted molar refractivity (Wildman–Crippen MR) is 137 cm³/mol. The molecule has 0 unspecified atom stereocenters. The second-order valence-corrected chi connectivity index (χ2v) is 9.36. The summed E-state index contributed by atoms with van der Waals surface area (Å²) in [6.45, 7) is 7.20. The van der Waals surface area contributed by atoms with Gasteiger partial charge in [0.25, 0.3) is 0 Å². The van der Waals surface area contributed by atoms with Crippen molar-refractivity contribution in [3.63, 3.8) is 0 Å². The number of aliphatic hydroxyl groups is 1. The van der Waals surface area contributed by atoms with Gasteiger partial charge in [0.15, 0.2) is 5.65 Å². The van der Waals surface area contributed by atoms with E-state index in [1.165, 1.54) is 0 Å². The van der Waals surface area contributed by atoms with Crippen molar-refractivity contribution in [3.8, 4) is 11.3 Å². The Hall–Kier alpha value is -3.56. The molecular weight excluding hydrogens is 440 g/mol. The van der Waals surface area contributed by atoms with Crippen LogP contribution >= 0.6 is 0 Å². The minimum Gasteiger partial charge on any atom is -0.391 e. The molecule has 1 aliphatic rings. The molecule has 4 N–H and O–H groups in total. The fourth-order valence-corrected chi connectivity index (χ4v) is 4.42. The number of nitrogens with zero attached hydrogens (tertiary/aromatic N) is 5. The summed E-state index contributed by atoms with van der Waals surface area (Å²) in [4.78, 5) is 13.2. The van der Waals surface area contributed by atoms with Crippen molar-refractivity contribution in [2.45, 2.75) is 38.8 Å². The zero-order valence-electron chi connectivity index (χ0n) is 20.1. The standard InChI is InChI=1S/C26H32N8O/c1-17(2)21-14-32-34-25(11-24(33-26(21)34)29-13-20-7-9-27-15-23(20)35)30-12-18-3-5-19(6-4-18)22-8-10-28-16-31-22/h3-6,8,10-11,14,16-17,20,23,27,30,35H,7,9,12-13,15H2,1-2H3,(H,29,33)/t20-,23+/m1/s1. The Morgan fingerprint density at radius 2 is 2.03 bits per heavy atom. The minimum absolute atomic E-state index is 0.202. The Morgan fingerprint density at radius 1 is 1.17 bits per heavy atom. The van der Waals surface area contributed by atoms with E-state index in [0.29, 0.717) is 25.6 Å². The average Bonchev–Trinajstić information content (AvgIpc) is 3.32. The van der Waals surface area contributed by atoms with Gasteiger partial charge in [-0.15, -0.1) is 0 Å². The Morgan fingerprint density at radius 3 is 2.77 bits per heavy atom. The van der Waals surface area contributed by atoms with Gasteiger partial charge in [0.05, 0.1) is 18.0 Å². The molecule has 0 aliphatic carbocycles. The summed E-state index contributed by atoms with van der Waals surface area (Å²) < 4.78 is 1.87. The summed E-state index contributed by atoms with van der Waals surface area (Å²) in [6, 6.07) is 12.2. The van der Waals surface area contributed by atoms with Gasteiger partial charge in [0.2, 0.25) is 0 Å². The average molecular weight is 473 g/mol. The smallest absolute Gasteiger partial charge is 0.163 e. The highest BCUT2D eigenvalue weighted by atomic mass is 16.3. The van der Waals surface area contributed by atoms with Crippen LogP contribution in [0.15, 0.2) is 55.1 Å². The monoisotopic (exact) mass is 472 g/mol. The first kappa shape index (κ1) is 23.2. The van der Waals surface area contributed by atoms with E-state index in [-0.39, 0.29) is 12.0 Å². The molecule has 9 nitrogen and oxygen atoms in total. The van der Waals surface area contributed by atoms with Crippen molar-refractivity contribution >= 4 is 17.3 Å². The minimum atomic E-state index is -0.343. The van der Waals surface area contributed by atoms with Gasteiger partial charge in [-0.2, -0.15) is 9.61 Å². The largest absolute Gasteiger partial charge is 0.391 e. The lowest BCUT2D eigenvalue weighted by Crippen LogP contribution is -2.43. The molecular formula is C26H32N8O. The first-order chi connectivity index (χ1) is 17.1. The van der Waals surface area contributed by atoms with Crippen LogP contribution in [0.2, 0.25) is 0 Å². The second-order valence-electron chi connectivity index (χ2n) is 9.36. The highest BCUT2D eigenvalue weighted by Crippen LogP contribution is 2.25. The number of benzene rings is 1. The number of anilines is 2. The number of hydrogen-bond acceptors (Lipinski definition) is 8. The molecule has 9 heteroatoms. The highest BCUT2D eigenvalue weighted by Gasteiger charge is 2.23. The summed E-state index contributed by atoms with van der Waals surface area (Å²) in [5.74, 6) is 2.17. The van der Waals surface area contributed by atoms with Crippen LogP contribution in [-0.4, -0.2) is 55.4 Å². The lowest BCUT2D eigenvalue weighted by atomic mass is 9.95. The molecule has 3 aromatic heterocycles. The van der Waals surface area contributed by atoms with E-state index in [4.69, 9.17) is 4.98 Å². The Kier molecular flexibility index (Phi) is 6.87. The Labute approximate surface area is 205 Å². The second kappa shape index (κ2) is 10.4. The normalized spacial score (nSPS) is 18.2. The van der Waals surface area contributed by atoms with Crippen LogP contribution in [0.25, 0.3) is 16.9 Å². The van der Waals surface area contributed by atoms with E-state index in [9.17, 15) is 5.11 Å². The highest BCUT2D eigenvalue weighted by molar-refractivity contribution is 5.62. The first-order valence-corrected chi connectivity index (χ1v) is 12.2. The van der Waals surface area contributed by atoms with Crippen LogP contribution in [0.4, 0.5) is 11.6 Å². The molecule has 2 atom stereocenters. The molecule has 35 heavy (non-hydrogen) atoms. The van der Waals surface area contributed by atoms with Crippen molar-refractivity contribution in [2.24, 2.45) is 5.92 Å². The van der Waals surface area contributed by atoms with Crippen molar-refractivity contribution in [1.82, 2.24) is 29.9 Å². The van der Waals surface area contributed by atoms with Crippen molar-refractivity contribution in [2.75, 3.05) is 30.3 Å². The summed E-state index contributed by atoms with van der Waals surface area (Å²) in [5.41, 5.74) is 5.06. The fourth-order valence-electron chi connectivity index (χ4n) is 4.42. The van der Waals surface area contributed by atoms with Crippen LogP contribution in [0.3, 0.4) is 0 Å². The van der Waals surface area contributed by atoms with Crippen LogP contribution in [0.5, 0.6) is 0 Å². The molecule has 4 heterocycles. The molecule has 0 radical (unpaired) electrons. The Bertz CT molecular complexity index is 1260. The summed E-state index contributed by atoms with van der Waals surface area (Å²) >= 11 is 0. The molecule has 0 saturated carbocycles. The van der Waals surface area contributed by atoms with E-state index in [0.717, 1.165) is 52.6 Å². The number of aromatic nitrogens is 5. The maximum absolute atomic E-state index is 10.3. The van der Waals surface area contributed by atoms with E-state index >= 15 is 0 Å². The van der Waals surface area contributed by atoms with Gasteiger partial charge >= 0.3 is 0 Å². The number of nitrogens with one attached hydrogen (secondary N) is 3. The van der Waals surface area contributed by atoms with Gasteiger partial charge < -0.3 is 21.1 Å². The van der Waals surface area contributed by atoms with E-state index < -0.39 is 0 Å². The number of aliphatic hydroxyl groups excluding tert-OH is 1. The molecule has 1 aliphatic heterocycles. The molecule has 4 aromatic rings. The molecule has 182 valence electrons. The molecule has 0 spiro atoms. The van der Waals surface area contributed by atoms with Gasteiger partial charge in [-0.25, -0.2) is 15.0 Å². The number of fused-ring (bicyclic) bond motifs is 1. The van der Waals surface area contributed by atoms with Gasteiger partial charge in [-0.3, -0.25) is 0 Å². The third-order valence-electron chi connectivity index (χ3n) is 6.56. The lowest BCUT2D eigenvalue weighted by Gasteiger charge is -2.28. The maximum atomic E-state index is 10.3. The van der Waals surface area contributed by atoms with Crippen LogP contribution in [0, 0.1) is 5.92 Å². The van der Waals surface area contributed by atoms with Gasteiger partial charge in [-0.05, 0) is 30.5 Å². The first-order valence-electron chi connectivity index (χ1n) is 12.2. The summed E-state index contributed by atoms with van der Waals surface area (Å²) in [7, 11) is 0. The molecule has 0 amide bonds. The third-order valence-corrected chi connectivity index (χ3v) is 6.56. The number of piperidine rings is 1. The van der Waals surface area contributed by atoms with Crippen LogP contribution < -0.4 is 16.0 Å². The molecule has 0 bridgehead atoms. The van der Waals surface area contributed by atoms with Crippen molar-refractivity contribution in [1.29, 1.82) is 0 Å². The number of hydrogen-bond donors (Lipinski definition) is 4. The van der Waals surface area contributed by atoms with Crippen LogP contribution in [-0.2, 0) is 6.54 Å². The zero-order valence-corrected chi connectivity index (χ0v) is 20.1. The molecule has 1 saturated heterocycles. The third kappa shape index (κ3) is 5.26. The van der Waals surface area contributed by atoms with Crippen molar-refractivity contribution < 1.29 is 5.11 Å². The zero-order chi connectivity index (χ0) is 24.2. The number of β-amino-alcohol motifs (C(OH)–C–C–N with tert-alkyl or cyclic N) is 1. The van der Waals surface area contributed by atoms with Gasteiger partial charge in [0, 0.05) is 48.9 Å². The Balaban J connectivity index is 1.35. The van der Waals surface area contributed by atoms with E-state index in [1.54, 1.807) is 12.5 Å². The van der Waals surface area contributed by atoms with E-state index in [1.807, 2.05) is 22.8 Å². The van der Waals surface area contributed by atoms with Crippen LogP contribution in [0.1, 0.15) is 37.3 Å². The van der Waals surface area contributed by atoms with Gasteiger partial charge in [0.1, 0.15) is 18.0 Å². The molecule has 1 fully saturated rings. The quantitative estimate of drug-likeness (QED) is 0.309. The topological polar surface area (TPSA) is 112 Å². The lowest BCUT2D eigenvalue weighted by molar-refractivity contribution is 0.0883. The molecule has 5 rings (SSSR count). The maximum Gasteiger partial charge on any atom is 0.163 e. The summed E-state index contributed by atoms with van der Waals surface area (Å²) in [5, 5.41) is 25.2. The summed E-state index contributed by atoms with van der Waals surface area (Å²) in [6.07, 6.45) is 5.81. The van der Waals surface area contributed by atoms with Gasteiger partial charge in [-0.1, -0.05) is 38.1 Å². The van der Waals surface area contributed by atoms with Crippen molar-refractivity contribution in [3.05, 3.63) is 66.2 Å². The number of rotatable bonds is 8.